The van der Waals surface area contributed by atoms with Gasteiger partial charge in [0.05, 0.1) is 11.3 Å². The zero-order chi connectivity index (χ0) is 21.5. The summed E-state index contributed by atoms with van der Waals surface area (Å²) >= 11 is 1.61. The lowest BCUT2D eigenvalue weighted by atomic mass is 10.1. The number of nitrogens with one attached hydrogen (secondary N) is 2. The maximum Gasteiger partial charge on any atom is 0.256 e. The van der Waals surface area contributed by atoms with Crippen molar-refractivity contribution in [1.29, 1.82) is 0 Å². The molecule has 2 N–H and O–H groups in total. The number of hydrogen-bond donors (Lipinski definition) is 2. The van der Waals surface area contributed by atoms with E-state index in [1.807, 2.05) is 67.1 Å². The number of carbonyl (C=O) groups excluding carboxylic acids is 1. The van der Waals surface area contributed by atoms with Crippen molar-refractivity contribution in [2.45, 2.75) is 16.2 Å². The number of benzene rings is 3. The van der Waals surface area contributed by atoms with Crippen molar-refractivity contribution < 1.29 is 4.79 Å². The minimum atomic E-state index is -0.0731. The van der Waals surface area contributed by atoms with Crippen molar-refractivity contribution in [3.63, 3.8) is 0 Å². The van der Waals surface area contributed by atoms with Crippen molar-refractivity contribution in [3.8, 4) is 11.4 Å². The van der Waals surface area contributed by atoms with Crippen molar-refractivity contribution >= 4 is 34.3 Å². The lowest BCUT2D eigenvalue weighted by Gasteiger charge is -2.09. The molecule has 5 nitrogen and oxygen atoms in total. The van der Waals surface area contributed by atoms with E-state index in [-0.39, 0.29) is 5.91 Å². The molecule has 0 unspecified atom stereocenters. The smallest absolute Gasteiger partial charge is 0.256 e. The van der Waals surface area contributed by atoms with Gasteiger partial charge in [-0.05, 0) is 59.7 Å². The minimum absolute atomic E-state index is 0.0731. The summed E-state index contributed by atoms with van der Waals surface area (Å²) in [5.74, 6) is 0.635. The highest BCUT2D eigenvalue weighted by molar-refractivity contribution is 7.99. The quantitative estimate of drug-likeness (QED) is 0.369. The highest BCUT2D eigenvalue weighted by atomic mass is 32.2. The Hall–Kier alpha value is -3.90. The largest absolute Gasteiger partial charge is 0.361 e. The fraction of sp³-hybridized carbons (Fsp3) is 0.0385. The number of nitrogens with zero attached hydrogens (tertiary/aromatic N) is 2. The number of aromatic amines is 1. The van der Waals surface area contributed by atoms with Crippen molar-refractivity contribution in [2.75, 3.05) is 5.32 Å². The summed E-state index contributed by atoms with van der Waals surface area (Å²) < 4.78 is 0. The number of rotatable bonds is 3. The minimum Gasteiger partial charge on any atom is -0.361 e. The molecule has 32 heavy (non-hydrogen) atoms. The molecule has 1 amide bonds. The zero-order valence-corrected chi connectivity index (χ0v) is 17.8. The topological polar surface area (TPSA) is 70.7 Å². The summed E-state index contributed by atoms with van der Waals surface area (Å²) in [5.41, 5.74) is 5.76. The maximum atomic E-state index is 12.6. The van der Waals surface area contributed by atoms with Gasteiger partial charge < -0.3 is 10.3 Å². The first-order valence-electron chi connectivity index (χ1n) is 10.3. The van der Waals surface area contributed by atoms with Crippen molar-refractivity contribution in [2.24, 2.45) is 0 Å². The van der Waals surface area contributed by atoms with Crippen LogP contribution in [0.5, 0.6) is 0 Å². The third-order valence-electron chi connectivity index (χ3n) is 5.57. The van der Waals surface area contributed by atoms with E-state index in [1.54, 1.807) is 11.8 Å². The Kier molecular flexibility index (Phi) is 4.51. The van der Waals surface area contributed by atoms with E-state index in [1.165, 1.54) is 0 Å². The lowest BCUT2D eigenvalue weighted by Crippen LogP contribution is -2.11. The van der Waals surface area contributed by atoms with E-state index in [0.29, 0.717) is 17.8 Å². The molecule has 0 radical (unpaired) electrons. The van der Waals surface area contributed by atoms with Gasteiger partial charge in [0.1, 0.15) is 0 Å². The third kappa shape index (κ3) is 3.44. The number of amides is 1. The van der Waals surface area contributed by atoms with E-state index >= 15 is 0 Å². The third-order valence-corrected chi connectivity index (χ3v) is 6.72. The van der Waals surface area contributed by atoms with Crippen LogP contribution in [0.4, 0.5) is 5.69 Å². The lowest BCUT2D eigenvalue weighted by molar-refractivity contribution is 0.102. The molecule has 0 saturated heterocycles. The van der Waals surface area contributed by atoms with Gasteiger partial charge in [0.2, 0.25) is 0 Å². The van der Waals surface area contributed by atoms with Crippen LogP contribution in [0.3, 0.4) is 0 Å². The number of fused-ring (bicyclic) bond motifs is 3. The predicted molar refractivity (Wildman–Crippen MR) is 127 cm³/mol. The average molecular weight is 435 g/mol. The van der Waals surface area contributed by atoms with Gasteiger partial charge >= 0.3 is 0 Å². The second-order valence-electron chi connectivity index (χ2n) is 7.75. The van der Waals surface area contributed by atoms with Crippen LogP contribution in [0.2, 0.25) is 0 Å². The summed E-state index contributed by atoms with van der Waals surface area (Å²) in [4.78, 5) is 27.0. The van der Waals surface area contributed by atoms with Gasteiger partial charge in [0.15, 0.2) is 5.82 Å². The van der Waals surface area contributed by atoms with E-state index in [0.717, 1.165) is 43.1 Å². The fourth-order valence-corrected chi connectivity index (χ4v) is 4.96. The molecule has 0 aliphatic carbocycles. The summed E-state index contributed by atoms with van der Waals surface area (Å²) in [6.45, 7) is 0. The molecule has 6 heteroatoms. The molecule has 154 valence electrons. The van der Waals surface area contributed by atoms with E-state index in [4.69, 9.17) is 0 Å². The highest BCUT2D eigenvalue weighted by Crippen LogP contribution is 2.39. The summed E-state index contributed by atoms with van der Waals surface area (Å²) in [7, 11) is 0. The van der Waals surface area contributed by atoms with Gasteiger partial charge in [-0.3, -0.25) is 4.79 Å². The molecule has 3 aromatic carbocycles. The van der Waals surface area contributed by atoms with Crippen LogP contribution in [0, 0.1) is 0 Å². The summed E-state index contributed by atoms with van der Waals surface area (Å²) in [6, 6.07) is 22.1. The van der Waals surface area contributed by atoms with Gasteiger partial charge in [-0.1, -0.05) is 30.0 Å². The molecule has 5 aromatic rings. The van der Waals surface area contributed by atoms with E-state index in [9.17, 15) is 4.79 Å². The first-order chi connectivity index (χ1) is 15.7. The summed E-state index contributed by atoms with van der Waals surface area (Å²) in [5, 5.41) is 4.20. The number of H-pyrrole nitrogens is 1. The molecule has 0 atom stereocenters. The van der Waals surface area contributed by atoms with Crippen LogP contribution in [0.25, 0.3) is 22.3 Å². The molecule has 1 aliphatic rings. The SMILES string of the molecule is O=C1Nc2cc(Cc3cnc(-c4ccc5[nH]ccc5c4)nc3)ccc2Sc2ccccc21. The van der Waals surface area contributed by atoms with Gasteiger partial charge in [0.25, 0.3) is 5.91 Å². The van der Waals surface area contributed by atoms with Crippen LogP contribution in [-0.4, -0.2) is 20.9 Å². The summed E-state index contributed by atoms with van der Waals surface area (Å²) in [6.07, 6.45) is 6.37. The fourth-order valence-electron chi connectivity index (χ4n) is 3.95. The molecular formula is C26H18N4OS. The number of anilines is 1. The van der Waals surface area contributed by atoms with Crippen molar-refractivity contribution in [1.82, 2.24) is 15.0 Å². The van der Waals surface area contributed by atoms with Crippen LogP contribution < -0.4 is 5.32 Å². The molecule has 1 aliphatic heterocycles. The Bertz CT molecular complexity index is 1470. The first-order valence-corrected chi connectivity index (χ1v) is 11.1. The molecule has 2 aromatic heterocycles. The van der Waals surface area contributed by atoms with Crippen LogP contribution in [0.1, 0.15) is 21.5 Å². The van der Waals surface area contributed by atoms with E-state index < -0.39 is 0 Å². The maximum absolute atomic E-state index is 12.6. The molecule has 0 fully saturated rings. The Morgan fingerprint density at radius 3 is 2.62 bits per heavy atom. The number of aromatic nitrogens is 3. The van der Waals surface area contributed by atoms with Gasteiger partial charge in [-0.25, -0.2) is 9.97 Å². The Balaban J connectivity index is 1.24. The Labute approximate surface area is 188 Å². The average Bonchev–Trinajstić information content (AvgIpc) is 3.24. The Morgan fingerprint density at radius 1 is 0.844 bits per heavy atom. The van der Waals surface area contributed by atoms with Crippen molar-refractivity contribution in [3.05, 3.63) is 102 Å². The monoisotopic (exact) mass is 434 g/mol. The number of hydrogen-bond acceptors (Lipinski definition) is 4. The zero-order valence-electron chi connectivity index (χ0n) is 17.0. The second kappa shape index (κ2) is 7.66. The standard InChI is InChI=1S/C26H18N4OS/c31-26-20-3-1-2-4-23(20)32-24-8-5-16(12-22(24)30-26)11-17-14-28-25(29-15-17)19-6-7-21-18(13-19)9-10-27-21/h1-10,12-15,27H,11H2,(H,30,31). The molecule has 0 bridgehead atoms. The molecule has 3 heterocycles. The molecule has 6 rings (SSSR count). The van der Waals surface area contributed by atoms with Gasteiger partial charge in [0, 0.05) is 51.3 Å². The molecule has 0 saturated carbocycles. The van der Waals surface area contributed by atoms with Gasteiger partial charge in [-0.2, -0.15) is 0 Å². The Morgan fingerprint density at radius 2 is 1.72 bits per heavy atom. The first kappa shape index (κ1) is 18.8. The molecule has 0 spiro atoms. The van der Waals surface area contributed by atoms with Crippen LogP contribution >= 0.6 is 11.8 Å². The molecular weight excluding hydrogens is 416 g/mol. The highest BCUT2D eigenvalue weighted by Gasteiger charge is 2.19. The number of carbonyl (C=O) groups is 1. The van der Waals surface area contributed by atoms with Gasteiger partial charge in [-0.15, -0.1) is 0 Å². The van der Waals surface area contributed by atoms with Crippen LogP contribution in [0.15, 0.2) is 95.1 Å². The van der Waals surface area contributed by atoms with Crippen LogP contribution in [-0.2, 0) is 6.42 Å². The predicted octanol–water partition coefficient (Wildman–Crippen LogP) is 5.93. The normalized spacial score (nSPS) is 12.7. The van der Waals surface area contributed by atoms with E-state index in [2.05, 4.69) is 38.5 Å². The second-order valence-corrected chi connectivity index (χ2v) is 8.84.